The molecule has 1 N–H and O–H groups in total. The number of aromatic nitrogens is 1. The highest BCUT2D eigenvalue weighted by Gasteiger charge is 2.14. The number of pyridine rings is 1. The third-order valence-corrected chi connectivity index (χ3v) is 7.09. The average Bonchev–Trinajstić information content (AvgIpc) is 2.74. The molecule has 0 aliphatic carbocycles. The van der Waals surface area contributed by atoms with Gasteiger partial charge in [0.05, 0.1) is 17.3 Å². The Balaban J connectivity index is 1.87. The maximum atomic E-state index is 12.1. The molecule has 3 rings (SSSR count). The van der Waals surface area contributed by atoms with Crippen molar-refractivity contribution < 1.29 is 13.5 Å². The molecular weight excluding hydrogens is 394 g/mol. The number of aryl methyl sites for hydroxylation is 4. The first kappa shape index (κ1) is 22.2. The summed E-state index contributed by atoms with van der Waals surface area (Å²) in [6.45, 7) is 3.91. The van der Waals surface area contributed by atoms with Gasteiger partial charge < -0.3 is 5.11 Å². The summed E-state index contributed by atoms with van der Waals surface area (Å²) in [6.07, 6.45) is 5.79. The number of nitrogens with zero attached hydrogens (tertiary/aromatic N) is 1. The summed E-state index contributed by atoms with van der Waals surface area (Å²) < 4.78 is 24.3. The Kier molecular flexibility index (Phi) is 7.40. The van der Waals surface area contributed by atoms with Crippen molar-refractivity contribution in [2.24, 2.45) is 0 Å². The van der Waals surface area contributed by atoms with E-state index in [1.807, 2.05) is 24.4 Å². The number of aliphatic hydroxyl groups excluding tert-OH is 1. The molecule has 0 amide bonds. The molecular formula is C25H29NO3S. The minimum absolute atomic E-state index is 0.244. The van der Waals surface area contributed by atoms with E-state index in [9.17, 15) is 8.42 Å². The molecule has 0 unspecified atom stereocenters. The molecule has 0 atom stereocenters. The van der Waals surface area contributed by atoms with Crippen LogP contribution in [-0.4, -0.2) is 30.9 Å². The fourth-order valence-corrected chi connectivity index (χ4v) is 4.70. The second-order valence-electron chi connectivity index (χ2n) is 7.57. The van der Waals surface area contributed by atoms with E-state index in [1.165, 1.54) is 16.7 Å². The molecule has 1 aromatic heterocycles. The van der Waals surface area contributed by atoms with Crippen molar-refractivity contribution in [1.29, 1.82) is 0 Å². The van der Waals surface area contributed by atoms with Crippen molar-refractivity contribution in [2.75, 3.05) is 12.4 Å². The fourth-order valence-electron chi connectivity index (χ4n) is 3.68. The molecule has 0 aliphatic rings. The zero-order valence-corrected chi connectivity index (χ0v) is 18.5. The van der Waals surface area contributed by atoms with Gasteiger partial charge in [-0.15, -0.1) is 0 Å². The Morgan fingerprint density at radius 3 is 2.30 bits per heavy atom. The highest BCUT2D eigenvalue weighted by molar-refractivity contribution is 7.91. The van der Waals surface area contributed by atoms with Gasteiger partial charge in [0.15, 0.2) is 9.84 Å². The summed E-state index contributed by atoms with van der Waals surface area (Å²) in [7, 11) is -3.43. The molecule has 158 valence electrons. The minimum atomic E-state index is -3.43. The molecule has 4 nitrogen and oxygen atoms in total. The van der Waals surface area contributed by atoms with Gasteiger partial charge in [-0.05, 0) is 72.2 Å². The van der Waals surface area contributed by atoms with Gasteiger partial charge in [0.25, 0.3) is 0 Å². The lowest BCUT2D eigenvalue weighted by Gasteiger charge is -2.13. The summed E-state index contributed by atoms with van der Waals surface area (Å²) >= 11 is 0. The van der Waals surface area contributed by atoms with E-state index >= 15 is 0 Å². The number of hydrogen-bond donors (Lipinski definition) is 1. The molecule has 0 saturated heterocycles. The topological polar surface area (TPSA) is 67.3 Å². The molecule has 0 saturated carbocycles. The molecule has 3 aromatic rings. The molecule has 0 fully saturated rings. The number of benzene rings is 2. The number of aliphatic hydroxyl groups is 1. The molecule has 0 spiro atoms. The smallest absolute Gasteiger partial charge is 0.180 e. The van der Waals surface area contributed by atoms with E-state index in [-0.39, 0.29) is 17.3 Å². The summed E-state index contributed by atoms with van der Waals surface area (Å²) in [4.78, 5) is 4.77. The van der Waals surface area contributed by atoms with Crippen LogP contribution in [0.5, 0.6) is 0 Å². The first-order valence-corrected chi connectivity index (χ1v) is 12.1. The quantitative estimate of drug-likeness (QED) is 0.548. The van der Waals surface area contributed by atoms with E-state index in [2.05, 4.69) is 43.1 Å². The van der Waals surface area contributed by atoms with Crippen LogP contribution < -0.4 is 0 Å². The number of rotatable bonds is 9. The van der Waals surface area contributed by atoms with Gasteiger partial charge in [0, 0.05) is 11.9 Å². The van der Waals surface area contributed by atoms with Crippen molar-refractivity contribution >= 4 is 9.84 Å². The normalized spacial score (nSPS) is 11.6. The van der Waals surface area contributed by atoms with Crippen LogP contribution in [0.15, 0.2) is 65.7 Å². The minimum Gasteiger partial charge on any atom is -0.395 e. The highest BCUT2D eigenvalue weighted by atomic mass is 32.2. The van der Waals surface area contributed by atoms with E-state index < -0.39 is 9.84 Å². The van der Waals surface area contributed by atoms with E-state index in [4.69, 9.17) is 5.11 Å². The maximum Gasteiger partial charge on any atom is 0.180 e. The van der Waals surface area contributed by atoms with Crippen molar-refractivity contribution in [3.63, 3.8) is 0 Å². The van der Waals surface area contributed by atoms with Gasteiger partial charge in [-0.25, -0.2) is 8.42 Å². The van der Waals surface area contributed by atoms with E-state index in [0.29, 0.717) is 0 Å². The van der Waals surface area contributed by atoms with E-state index in [0.717, 1.165) is 42.5 Å². The molecule has 2 aromatic carbocycles. The van der Waals surface area contributed by atoms with Crippen molar-refractivity contribution in [3.05, 3.63) is 83.2 Å². The van der Waals surface area contributed by atoms with Crippen molar-refractivity contribution in [2.45, 2.75) is 44.4 Å². The Morgan fingerprint density at radius 1 is 0.900 bits per heavy atom. The van der Waals surface area contributed by atoms with E-state index in [1.54, 1.807) is 12.1 Å². The second-order valence-corrected chi connectivity index (χ2v) is 9.68. The maximum absolute atomic E-state index is 12.1. The first-order valence-electron chi connectivity index (χ1n) is 10.4. The SMILES string of the molecule is CCCc1ccc(-c2ccc(S(=O)(=O)CCO)cc2)cc1CCc1ncccc1C. The molecule has 0 aliphatic heterocycles. The molecule has 0 bridgehead atoms. The standard InChI is InChI=1S/C25H29NO3S/c1-3-5-20-7-8-22(18-23(20)11-14-25-19(2)6-4-15-26-25)21-9-12-24(13-10-21)30(28,29)17-16-27/h4,6-10,12-13,15,18,27H,3,5,11,14,16-17H2,1-2H3. The van der Waals surface area contributed by atoms with Crippen LogP contribution in [0, 0.1) is 6.92 Å². The lowest BCUT2D eigenvalue weighted by molar-refractivity contribution is 0.319. The van der Waals surface area contributed by atoms with Crippen LogP contribution in [0.4, 0.5) is 0 Å². The summed E-state index contributed by atoms with van der Waals surface area (Å²) in [5.41, 5.74) is 7.08. The van der Waals surface area contributed by atoms with Crippen LogP contribution >= 0.6 is 0 Å². The molecule has 30 heavy (non-hydrogen) atoms. The molecule has 1 heterocycles. The van der Waals surface area contributed by atoms with Crippen LogP contribution in [0.3, 0.4) is 0 Å². The zero-order chi connectivity index (χ0) is 21.6. The summed E-state index contributed by atoms with van der Waals surface area (Å²) in [6, 6.07) is 17.5. The number of hydrogen-bond acceptors (Lipinski definition) is 4. The molecule has 0 radical (unpaired) electrons. The van der Waals surface area contributed by atoms with Crippen molar-refractivity contribution in [3.8, 4) is 11.1 Å². The van der Waals surface area contributed by atoms with Crippen LogP contribution in [0.2, 0.25) is 0 Å². The third kappa shape index (κ3) is 5.35. The van der Waals surface area contributed by atoms with Crippen LogP contribution in [0.25, 0.3) is 11.1 Å². The van der Waals surface area contributed by atoms with Gasteiger partial charge in [-0.3, -0.25) is 4.98 Å². The summed E-state index contributed by atoms with van der Waals surface area (Å²) in [5.74, 6) is -0.255. The number of sulfone groups is 1. The van der Waals surface area contributed by atoms with Crippen molar-refractivity contribution in [1.82, 2.24) is 4.98 Å². The average molecular weight is 424 g/mol. The van der Waals surface area contributed by atoms with Gasteiger partial charge in [0.2, 0.25) is 0 Å². The van der Waals surface area contributed by atoms with Gasteiger partial charge in [0.1, 0.15) is 0 Å². The lowest BCUT2D eigenvalue weighted by Crippen LogP contribution is -2.09. The van der Waals surface area contributed by atoms with Gasteiger partial charge in [-0.1, -0.05) is 49.7 Å². The van der Waals surface area contributed by atoms with Crippen LogP contribution in [0.1, 0.15) is 35.7 Å². The Labute approximate surface area is 179 Å². The monoisotopic (exact) mass is 423 g/mol. The zero-order valence-electron chi connectivity index (χ0n) is 17.6. The predicted molar refractivity (Wildman–Crippen MR) is 121 cm³/mol. The fraction of sp³-hybridized carbons (Fsp3) is 0.320. The summed E-state index contributed by atoms with van der Waals surface area (Å²) in [5, 5.41) is 8.96. The van der Waals surface area contributed by atoms with Gasteiger partial charge in [-0.2, -0.15) is 0 Å². The highest BCUT2D eigenvalue weighted by Crippen LogP contribution is 2.26. The Morgan fingerprint density at radius 2 is 1.63 bits per heavy atom. The predicted octanol–water partition coefficient (Wildman–Crippen LogP) is 4.56. The molecule has 5 heteroatoms. The largest absolute Gasteiger partial charge is 0.395 e. The second kappa shape index (κ2) is 10.0. The Hall–Kier alpha value is -2.50. The third-order valence-electron chi connectivity index (χ3n) is 5.38. The van der Waals surface area contributed by atoms with Gasteiger partial charge >= 0.3 is 0 Å². The lowest BCUT2D eigenvalue weighted by atomic mass is 9.93. The first-order chi connectivity index (χ1) is 14.4. The Bertz CT molecular complexity index is 1090. The van der Waals surface area contributed by atoms with Crippen LogP contribution in [-0.2, 0) is 29.1 Å².